The average Bonchev–Trinajstić information content (AvgIpc) is 2.48. The molecule has 4 heteroatoms. The number of rotatable bonds is 7. The van der Waals surface area contributed by atoms with E-state index in [1.807, 2.05) is 30.3 Å². The Bertz CT molecular complexity index is 572. The van der Waals surface area contributed by atoms with E-state index in [-0.39, 0.29) is 0 Å². The van der Waals surface area contributed by atoms with Gasteiger partial charge in [0.25, 0.3) is 0 Å². The molecule has 2 aromatic carbocycles. The molecule has 0 aliphatic heterocycles. The molecule has 2 rings (SSSR count). The molecule has 1 N–H and O–H groups in total. The van der Waals surface area contributed by atoms with Crippen LogP contribution in [0.25, 0.3) is 0 Å². The van der Waals surface area contributed by atoms with Gasteiger partial charge in [-0.2, -0.15) is 0 Å². The lowest BCUT2D eigenvalue weighted by molar-refractivity contribution is 0.309. The van der Waals surface area contributed by atoms with Gasteiger partial charge >= 0.3 is 0 Å². The molecule has 0 aliphatic carbocycles. The van der Waals surface area contributed by atoms with Crippen molar-refractivity contribution in [1.82, 2.24) is 0 Å². The quantitative estimate of drug-likeness (QED) is 0.615. The Morgan fingerprint density at radius 2 is 1.90 bits per heavy atom. The fourth-order valence-corrected chi connectivity index (χ4v) is 2.69. The molecule has 0 bridgehead atoms. The van der Waals surface area contributed by atoms with E-state index in [1.54, 1.807) is 0 Å². The van der Waals surface area contributed by atoms with Gasteiger partial charge in [-0.1, -0.05) is 37.1 Å². The number of halogens is 2. The van der Waals surface area contributed by atoms with Crippen molar-refractivity contribution < 1.29 is 4.74 Å². The van der Waals surface area contributed by atoms with Crippen LogP contribution in [0.5, 0.6) is 5.75 Å². The number of unbranched alkanes of at least 4 members (excludes halogenated alkanes) is 1. The second kappa shape index (κ2) is 8.30. The lowest BCUT2D eigenvalue weighted by atomic mass is 10.2. The predicted molar refractivity (Wildman–Crippen MR) is 93.3 cm³/mol. The highest BCUT2D eigenvalue weighted by Crippen LogP contribution is 2.26. The molecule has 0 saturated heterocycles. The Morgan fingerprint density at radius 1 is 1.14 bits per heavy atom. The van der Waals surface area contributed by atoms with E-state index >= 15 is 0 Å². The molecule has 0 fully saturated rings. The summed E-state index contributed by atoms with van der Waals surface area (Å²) in [5.74, 6) is 0.930. The monoisotopic (exact) mass is 367 g/mol. The number of anilines is 1. The van der Waals surface area contributed by atoms with Crippen molar-refractivity contribution in [1.29, 1.82) is 0 Å². The van der Waals surface area contributed by atoms with Crippen molar-refractivity contribution in [2.24, 2.45) is 0 Å². The smallest absolute Gasteiger partial charge is 0.119 e. The fraction of sp³-hybridized carbons (Fsp3) is 0.294. The van der Waals surface area contributed by atoms with E-state index in [1.165, 1.54) is 5.56 Å². The van der Waals surface area contributed by atoms with Crippen LogP contribution in [0.15, 0.2) is 46.9 Å². The number of benzene rings is 2. The maximum absolute atomic E-state index is 5.93. The van der Waals surface area contributed by atoms with Crippen LogP contribution in [0.3, 0.4) is 0 Å². The highest BCUT2D eigenvalue weighted by molar-refractivity contribution is 9.10. The standard InChI is InChI=1S/C17H19BrClNO/c1-2-3-10-21-15-7-4-13(5-8-15)12-20-17-9-6-14(19)11-16(17)18/h4-9,11,20H,2-3,10,12H2,1H3. The zero-order valence-corrected chi connectivity index (χ0v) is 14.4. The molecule has 0 atom stereocenters. The zero-order valence-electron chi connectivity index (χ0n) is 12.0. The van der Waals surface area contributed by atoms with Crippen molar-refractivity contribution in [3.05, 3.63) is 57.5 Å². The number of hydrogen-bond donors (Lipinski definition) is 1. The summed E-state index contributed by atoms with van der Waals surface area (Å²) in [4.78, 5) is 0. The first kappa shape index (κ1) is 16.2. The summed E-state index contributed by atoms with van der Waals surface area (Å²) in [6.45, 7) is 3.70. The lowest BCUT2D eigenvalue weighted by Crippen LogP contribution is -2.00. The van der Waals surface area contributed by atoms with Crippen LogP contribution in [0.2, 0.25) is 5.02 Å². The molecule has 2 nitrogen and oxygen atoms in total. The molecule has 0 radical (unpaired) electrons. The van der Waals surface area contributed by atoms with Gasteiger partial charge in [0.15, 0.2) is 0 Å². The minimum atomic E-state index is 0.723. The SMILES string of the molecule is CCCCOc1ccc(CNc2ccc(Cl)cc2Br)cc1. The average molecular weight is 369 g/mol. The highest BCUT2D eigenvalue weighted by atomic mass is 79.9. The van der Waals surface area contributed by atoms with E-state index in [0.29, 0.717) is 0 Å². The van der Waals surface area contributed by atoms with E-state index in [9.17, 15) is 0 Å². The first-order valence-corrected chi connectivity index (χ1v) is 8.27. The molecule has 21 heavy (non-hydrogen) atoms. The van der Waals surface area contributed by atoms with Crippen LogP contribution in [-0.4, -0.2) is 6.61 Å². The first-order valence-electron chi connectivity index (χ1n) is 7.09. The van der Waals surface area contributed by atoms with E-state index < -0.39 is 0 Å². The van der Waals surface area contributed by atoms with Gasteiger partial charge in [0.05, 0.1) is 6.61 Å². The third kappa shape index (κ3) is 5.25. The fourth-order valence-electron chi connectivity index (χ4n) is 1.87. The minimum absolute atomic E-state index is 0.723. The second-order valence-corrected chi connectivity index (χ2v) is 6.11. The van der Waals surface area contributed by atoms with Gasteiger partial charge in [-0.05, 0) is 58.2 Å². The Kier molecular flexibility index (Phi) is 6.40. The molecule has 0 amide bonds. The van der Waals surface area contributed by atoms with Gasteiger partial charge in [-0.15, -0.1) is 0 Å². The Hall–Kier alpha value is -1.19. The molecule has 0 heterocycles. The topological polar surface area (TPSA) is 21.3 Å². The van der Waals surface area contributed by atoms with E-state index in [4.69, 9.17) is 16.3 Å². The van der Waals surface area contributed by atoms with Crippen molar-refractivity contribution >= 4 is 33.2 Å². The van der Waals surface area contributed by atoms with Gasteiger partial charge in [0, 0.05) is 21.7 Å². The maximum Gasteiger partial charge on any atom is 0.119 e. The molecule has 0 spiro atoms. The van der Waals surface area contributed by atoms with Gasteiger partial charge in [0.1, 0.15) is 5.75 Å². The van der Waals surface area contributed by atoms with Crippen LogP contribution in [0, 0.1) is 0 Å². The van der Waals surface area contributed by atoms with Crippen LogP contribution in [0.4, 0.5) is 5.69 Å². The highest BCUT2D eigenvalue weighted by Gasteiger charge is 2.01. The van der Waals surface area contributed by atoms with Crippen molar-refractivity contribution in [3.8, 4) is 5.75 Å². The maximum atomic E-state index is 5.93. The summed E-state index contributed by atoms with van der Waals surface area (Å²) >= 11 is 9.43. The molecular weight excluding hydrogens is 350 g/mol. The largest absolute Gasteiger partial charge is 0.494 e. The lowest BCUT2D eigenvalue weighted by Gasteiger charge is -2.10. The third-order valence-electron chi connectivity index (χ3n) is 3.10. The summed E-state index contributed by atoms with van der Waals surface area (Å²) in [7, 11) is 0. The minimum Gasteiger partial charge on any atom is -0.494 e. The molecule has 2 aromatic rings. The van der Waals surface area contributed by atoms with Crippen LogP contribution in [-0.2, 0) is 6.54 Å². The third-order valence-corrected chi connectivity index (χ3v) is 4.00. The van der Waals surface area contributed by atoms with Gasteiger partial charge in [-0.3, -0.25) is 0 Å². The van der Waals surface area contributed by atoms with Gasteiger partial charge in [0.2, 0.25) is 0 Å². The molecule has 112 valence electrons. The Balaban J connectivity index is 1.88. The van der Waals surface area contributed by atoms with Crippen LogP contribution < -0.4 is 10.1 Å². The zero-order chi connectivity index (χ0) is 15.1. The van der Waals surface area contributed by atoms with Crippen molar-refractivity contribution in [2.45, 2.75) is 26.3 Å². The second-order valence-electron chi connectivity index (χ2n) is 4.82. The number of hydrogen-bond acceptors (Lipinski definition) is 2. The molecule has 0 aromatic heterocycles. The van der Waals surface area contributed by atoms with Crippen molar-refractivity contribution in [3.63, 3.8) is 0 Å². The Morgan fingerprint density at radius 3 is 2.57 bits per heavy atom. The van der Waals surface area contributed by atoms with Gasteiger partial charge in [-0.25, -0.2) is 0 Å². The number of nitrogens with one attached hydrogen (secondary N) is 1. The molecule has 0 saturated carbocycles. The van der Waals surface area contributed by atoms with Crippen LogP contribution >= 0.6 is 27.5 Å². The van der Waals surface area contributed by atoms with E-state index in [2.05, 4.69) is 40.3 Å². The van der Waals surface area contributed by atoms with E-state index in [0.717, 1.165) is 46.9 Å². The summed E-state index contributed by atoms with van der Waals surface area (Å²) in [5, 5.41) is 4.11. The molecule has 0 aliphatic rings. The molecule has 0 unspecified atom stereocenters. The Labute approximate surface area is 139 Å². The predicted octanol–water partition coefficient (Wildman–Crippen LogP) is 5.89. The molecular formula is C17H19BrClNO. The summed E-state index contributed by atoms with van der Waals surface area (Å²) in [6.07, 6.45) is 2.24. The van der Waals surface area contributed by atoms with Gasteiger partial charge < -0.3 is 10.1 Å². The normalized spacial score (nSPS) is 10.4. The summed E-state index contributed by atoms with van der Waals surface area (Å²) in [6, 6.07) is 13.9. The van der Waals surface area contributed by atoms with Crippen LogP contribution in [0.1, 0.15) is 25.3 Å². The first-order chi connectivity index (χ1) is 10.2. The summed E-state index contributed by atoms with van der Waals surface area (Å²) < 4.78 is 6.62. The summed E-state index contributed by atoms with van der Waals surface area (Å²) in [5.41, 5.74) is 2.24. The number of ether oxygens (including phenoxy) is 1. The van der Waals surface area contributed by atoms with Crippen molar-refractivity contribution in [2.75, 3.05) is 11.9 Å².